The number of hydrogen-bond acceptors (Lipinski definition) is 2. The molecule has 15 heavy (non-hydrogen) atoms. The van der Waals surface area contributed by atoms with Gasteiger partial charge >= 0.3 is 0 Å². The third-order valence-corrected chi connectivity index (χ3v) is 2.59. The minimum Gasteiger partial charge on any atom is -0.496 e. The first kappa shape index (κ1) is 12.1. The molecule has 0 fully saturated rings. The Kier molecular flexibility index (Phi) is 3.40. The van der Waals surface area contributed by atoms with Gasteiger partial charge in [-0.1, -0.05) is 26.0 Å². The smallest absolute Gasteiger partial charge is 0.124 e. The summed E-state index contributed by atoms with van der Waals surface area (Å²) in [6.45, 7) is 8.31. The molecule has 0 unspecified atom stereocenters. The second-order valence-electron chi connectivity index (χ2n) is 4.84. The fourth-order valence-electron chi connectivity index (χ4n) is 1.60. The van der Waals surface area contributed by atoms with Crippen molar-refractivity contribution >= 4 is 0 Å². The highest BCUT2D eigenvalue weighted by Crippen LogP contribution is 2.30. The third-order valence-electron chi connectivity index (χ3n) is 2.59. The van der Waals surface area contributed by atoms with Gasteiger partial charge in [-0.05, 0) is 31.4 Å². The lowest BCUT2D eigenvalue weighted by molar-refractivity contribution is 0.393. The van der Waals surface area contributed by atoms with Gasteiger partial charge in [-0.25, -0.2) is 0 Å². The van der Waals surface area contributed by atoms with Crippen LogP contribution in [0, 0.1) is 0 Å². The van der Waals surface area contributed by atoms with Crippen LogP contribution in [0.15, 0.2) is 18.2 Å². The van der Waals surface area contributed by atoms with E-state index in [1.54, 1.807) is 7.11 Å². The fraction of sp³-hybridized carbons (Fsp3) is 0.538. The molecule has 0 atom stereocenters. The monoisotopic (exact) mass is 207 g/mol. The summed E-state index contributed by atoms with van der Waals surface area (Å²) in [6.07, 6.45) is 0. The Morgan fingerprint density at radius 3 is 2.27 bits per heavy atom. The summed E-state index contributed by atoms with van der Waals surface area (Å²) in [5.41, 5.74) is 8.05. The van der Waals surface area contributed by atoms with Crippen molar-refractivity contribution in [3.05, 3.63) is 29.3 Å². The molecular weight excluding hydrogens is 186 g/mol. The van der Waals surface area contributed by atoms with Gasteiger partial charge in [0.2, 0.25) is 0 Å². The zero-order valence-electron chi connectivity index (χ0n) is 10.3. The fourth-order valence-corrected chi connectivity index (χ4v) is 1.60. The zero-order chi connectivity index (χ0) is 11.6. The molecule has 0 aromatic heterocycles. The number of nitrogens with two attached hydrogens (primary N) is 1. The van der Waals surface area contributed by atoms with E-state index in [9.17, 15) is 0 Å². The van der Waals surface area contributed by atoms with Crippen LogP contribution in [-0.2, 0) is 5.54 Å². The van der Waals surface area contributed by atoms with Crippen LogP contribution < -0.4 is 10.5 Å². The highest BCUT2D eigenvalue weighted by Gasteiger charge is 2.19. The standard InChI is InChI=1S/C13H21NO/c1-9(2)10-6-7-11(13(3,4)14)12(8-10)15-5/h6-9H,14H2,1-5H3. The molecule has 0 saturated heterocycles. The van der Waals surface area contributed by atoms with Gasteiger partial charge in [-0.15, -0.1) is 0 Å². The van der Waals surface area contributed by atoms with Crippen molar-refractivity contribution in [1.82, 2.24) is 0 Å². The van der Waals surface area contributed by atoms with E-state index in [1.807, 2.05) is 13.8 Å². The summed E-state index contributed by atoms with van der Waals surface area (Å²) in [6, 6.07) is 6.26. The summed E-state index contributed by atoms with van der Waals surface area (Å²) in [7, 11) is 1.69. The molecule has 0 heterocycles. The summed E-state index contributed by atoms with van der Waals surface area (Å²) < 4.78 is 5.38. The molecule has 0 aliphatic carbocycles. The minimum atomic E-state index is -0.360. The van der Waals surface area contributed by atoms with E-state index in [4.69, 9.17) is 10.5 Å². The maximum absolute atomic E-state index is 6.08. The van der Waals surface area contributed by atoms with Crippen molar-refractivity contribution in [1.29, 1.82) is 0 Å². The number of ether oxygens (including phenoxy) is 1. The molecule has 0 aliphatic rings. The first-order chi connectivity index (χ1) is 6.86. The summed E-state index contributed by atoms with van der Waals surface area (Å²) >= 11 is 0. The van der Waals surface area contributed by atoms with E-state index < -0.39 is 0 Å². The molecule has 0 radical (unpaired) electrons. The molecule has 2 N–H and O–H groups in total. The predicted octanol–water partition coefficient (Wildman–Crippen LogP) is 3.01. The lowest BCUT2D eigenvalue weighted by atomic mass is 9.91. The van der Waals surface area contributed by atoms with Gasteiger partial charge in [-0.2, -0.15) is 0 Å². The maximum atomic E-state index is 6.08. The van der Waals surface area contributed by atoms with E-state index in [0.29, 0.717) is 5.92 Å². The van der Waals surface area contributed by atoms with E-state index in [0.717, 1.165) is 11.3 Å². The maximum Gasteiger partial charge on any atom is 0.124 e. The van der Waals surface area contributed by atoms with Crippen molar-refractivity contribution < 1.29 is 4.74 Å². The Bertz CT molecular complexity index is 337. The third kappa shape index (κ3) is 2.72. The molecule has 0 saturated carbocycles. The van der Waals surface area contributed by atoms with Gasteiger partial charge in [0, 0.05) is 11.1 Å². The largest absolute Gasteiger partial charge is 0.496 e. The van der Waals surface area contributed by atoms with E-state index in [1.165, 1.54) is 5.56 Å². The Labute approximate surface area is 92.4 Å². The van der Waals surface area contributed by atoms with Gasteiger partial charge in [0.15, 0.2) is 0 Å². The van der Waals surface area contributed by atoms with Crippen molar-refractivity contribution in [2.75, 3.05) is 7.11 Å². The highest BCUT2D eigenvalue weighted by molar-refractivity contribution is 5.42. The van der Waals surface area contributed by atoms with Gasteiger partial charge in [0.1, 0.15) is 5.75 Å². The van der Waals surface area contributed by atoms with E-state index in [2.05, 4.69) is 32.0 Å². The van der Waals surface area contributed by atoms with E-state index >= 15 is 0 Å². The second-order valence-corrected chi connectivity index (χ2v) is 4.84. The zero-order valence-corrected chi connectivity index (χ0v) is 10.3. The van der Waals surface area contributed by atoms with Gasteiger partial charge in [0.25, 0.3) is 0 Å². The first-order valence-corrected chi connectivity index (χ1v) is 5.33. The van der Waals surface area contributed by atoms with Crippen molar-refractivity contribution in [3.8, 4) is 5.75 Å². The average molecular weight is 207 g/mol. The molecule has 0 bridgehead atoms. The molecule has 1 rings (SSSR count). The Hall–Kier alpha value is -1.02. The summed E-state index contributed by atoms with van der Waals surface area (Å²) in [5.74, 6) is 1.39. The SMILES string of the molecule is COc1cc(C(C)C)ccc1C(C)(C)N. The molecule has 2 nitrogen and oxygen atoms in total. The van der Waals surface area contributed by atoms with Crippen molar-refractivity contribution in [3.63, 3.8) is 0 Å². The molecule has 0 spiro atoms. The van der Waals surface area contributed by atoms with Crippen LogP contribution in [0.1, 0.15) is 44.7 Å². The highest BCUT2D eigenvalue weighted by atomic mass is 16.5. The second kappa shape index (κ2) is 4.23. The van der Waals surface area contributed by atoms with Crippen LogP contribution in [0.5, 0.6) is 5.75 Å². The number of methoxy groups -OCH3 is 1. The molecule has 1 aromatic rings. The quantitative estimate of drug-likeness (QED) is 0.827. The normalized spacial score (nSPS) is 11.9. The van der Waals surface area contributed by atoms with Crippen molar-refractivity contribution in [2.45, 2.75) is 39.2 Å². The first-order valence-electron chi connectivity index (χ1n) is 5.33. The average Bonchev–Trinajstić information content (AvgIpc) is 2.15. The van der Waals surface area contributed by atoms with Gasteiger partial charge < -0.3 is 10.5 Å². The molecule has 2 heteroatoms. The van der Waals surface area contributed by atoms with Crippen LogP contribution in [0.3, 0.4) is 0 Å². The summed E-state index contributed by atoms with van der Waals surface area (Å²) in [5, 5.41) is 0. The number of rotatable bonds is 3. The van der Waals surface area contributed by atoms with Gasteiger partial charge in [0.05, 0.1) is 7.11 Å². The number of benzene rings is 1. The minimum absolute atomic E-state index is 0.360. The predicted molar refractivity (Wildman–Crippen MR) is 64.3 cm³/mol. The summed E-state index contributed by atoms with van der Waals surface area (Å²) in [4.78, 5) is 0. The Morgan fingerprint density at radius 1 is 1.27 bits per heavy atom. The molecule has 1 aromatic carbocycles. The molecule has 0 amide bonds. The molecular formula is C13H21NO. The van der Waals surface area contributed by atoms with E-state index in [-0.39, 0.29) is 5.54 Å². The van der Waals surface area contributed by atoms with Crippen LogP contribution in [0.2, 0.25) is 0 Å². The Balaban J connectivity index is 3.21. The lowest BCUT2D eigenvalue weighted by Gasteiger charge is -2.23. The van der Waals surface area contributed by atoms with Gasteiger partial charge in [-0.3, -0.25) is 0 Å². The van der Waals surface area contributed by atoms with Crippen LogP contribution in [0.4, 0.5) is 0 Å². The van der Waals surface area contributed by atoms with Crippen LogP contribution in [-0.4, -0.2) is 7.11 Å². The molecule has 84 valence electrons. The number of hydrogen-bond donors (Lipinski definition) is 1. The lowest BCUT2D eigenvalue weighted by Crippen LogP contribution is -2.29. The van der Waals surface area contributed by atoms with Crippen LogP contribution in [0.25, 0.3) is 0 Å². The van der Waals surface area contributed by atoms with Crippen LogP contribution >= 0.6 is 0 Å². The molecule has 0 aliphatic heterocycles. The van der Waals surface area contributed by atoms with Crippen molar-refractivity contribution in [2.24, 2.45) is 5.73 Å². The Morgan fingerprint density at radius 2 is 1.87 bits per heavy atom. The topological polar surface area (TPSA) is 35.2 Å².